The first-order valence-electron chi connectivity index (χ1n) is 8.93. The topological polar surface area (TPSA) is 59.7 Å². The third-order valence-electron chi connectivity index (χ3n) is 5.20. The summed E-state index contributed by atoms with van der Waals surface area (Å²) in [6, 6.07) is 8.11. The van der Waals surface area contributed by atoms with E-state index in [4.69, 9.17) is 4.74 Å². The molecule has 134 valence electrons. The predicted octanol–water partition coefficient (Wildman–Crippen LogP) is 3.49. The number of piperidine rings is 1. The fourth-order valence-corrected chi connectivity index (χ4v) is 3.92. The quantitative estimate of drug-likeness (QED) is 0.725. The van der Waals surface area contributed by atoms with Crippen LogP contribution in [0.3, 0.4) is 0 Å². The van der Waals surface area contributed by atoms with Gasteiger partial charge in [0.05, 0.1) is 36.6 Å². The van der Waals surface area contributed by atoms with Crippen LogP contribution in [0.15, 0.2) is 49.1 Å². The molecule has 2 atom stereocenters. The number of methoxy groups -OCH3 is 1. The van der Waals surface area contributed by atoms with Crippen molar-refractivity contribution < 1.29 is 9.53 Å². The van der Waals surface area contributed by atoms with Crippen molar-refractivity contribution in [1.82, 2.24) is 19.5 Å². The molecule has 1 aliphatic rings. The highest BCUT2D eigenvalue weighted by Crippen LogP contribution is 2.39. The minimum Gasteiger partial charge on any atom is -0.496 e. The number of nitrogens with zero attached hydrogens (tertiary/aromatic N) is 4. The summed E-state index contributed by atoms with van der Waals surface area (Å²) in [7, 11) is 1.67. The Morgan fingerprint density at radius 2 is 2.08 bits per heavy atom. The molecule has 0 bridgehead atoms. The van der Waals surface area contributed by atoms with E-state index < -0.39 is 0 Å². The van der Waals surface area contributed by atoms with Crippen LogP contribution in [0.2, 0.25) is 0 Å². The lowest BCUT2D eigenvalue weighted by Gasteiger charge is -2.41. The molecule has 26 heavy (non-hydrogen) atoms. The second-order valence-electron chi connectivity index (χ2n) is 6.71. The van der Waals surface area contributed by atoms with Crippen LogP contribution >= 0.6 is 0 Å². The van der Waals surface area contributed by atoms with Crippen LogP contribution in [-0.4, -0.2) is 38.6 Å². The Morgan fingerprint density at radius 3 is 2.92 bits per heavy atom. The fourth-order valence-electron chi connectivity index (χ4n) is 3.92. The lowest BCUT2D eigenvalue weighted by Crippen LogP contribution is -2.44. The standard InChI is InChI=1S/C20H22N4O2/c1-14-6-5-8-17(15-7-3-4-9-19(15)26-2)24(14)20(25)16-12-22-23-11-10-21-13-18(16)23/h3-4,7,9-14,17H,5-6,8H2,1-2H3/t14-,17-/m1/s1. The molecule has 6 heteroatoms. The monoisotopic (exact) mass is 350 g/mol. The van der Waals surface area contributed by atoms with Crippen LogP contribution in [0.1, 0.15) is 48.1 Å². The zero-order chi connectivity index (χ0) is 18.1. The number of likely N-dealkylation sites (tertiary alicyclic amines) is 1. The Balaban J connectivity index is 1.77. The second-order valence-corrected chi connectivity index (χ2v) is 6.71. The van der Waals surface area contributed by atoms with Gasteiger partial charge in [-0.1, -0.05) is 18.2 Å². The molecule has 1 fully saturated rings. The van der Waals surface area contributed by atoms with Gasteiger partial charge in [0, 0.05) is 24.0 Å². The van der Waals surface area contributed by atoms with Gasteiger partial charge in [0.2, 0.25) is 0 Å². The highest BCUT2D eigenvalue weighted by Gasteiger charge is 2.35. The zero-order valence-electron chi connectivity index (χ0n) is 15.0. The van der Waals surface area contributed by atoms with Crippen LogP contribution in [0.5, 0.6) is 5.75 Å². The van der Waals surface area contributed by atoms with Crippen molar-refractivity contribution in [3.63, 3.8) is 0 Å². The van der Waals surface area contributed by atoms with E-state index in [0.29, 0.717) is 5.56 Å². The average Bonchev–Trinajstić information content (AvgIpc) is 3.11. The minimum absolute atomic E-state index is 0.00361. The van der Waals surface area contributed by atoms with Crippen molar-refractivity contribution in [2.45, 2.75) is 38.3 Å². The molecule has 1 amide bonds. The van der Waals surface area contributed by atoms with Crippen LogP contribution in [0.25, 0.3) is 5.52 Å². The Labute approximate surface area is 152 Å². The largest absolute Gasteiger partial charge is 0.496 e. The first-order valence-corrected chi connectivity index (χ1v) is 8.93. The van der Waals surface area contributed by atoms with Gasteiger partial charge in [-0.25, -0.2) is 4.52 Å². The summed E-state index contributed by atoms with van der Waals surface area (Å²) in [4.78, 5) is 19.6. The molecular weight excluding hydrogens is 328 g/mol. The van der Waals surface area contributed by atoms with E-state index in [1.54, 1.807) is 36.4 Å². The van der Waals surface area contributed by atoms with Gasteiger partial charge in [0.1, 0.15) is 5.75 Å². The molecule has 3 aromatic rings. The Bertz CT molecular complexity index is 936. The SMILES string of the molecule is COc1ccccc1[C@H]1CCC[C@@H](C)N1C(=O)c1cnn2ccncc12. The van der Waals surface area contributed by atoms with E-state index in [-0.39, 0.29) is 18.0 Å². The molecule has 4 rings (SSSR count). The number of hydrogen-bond acceptors (Lipinski definition) is 4. The molecule has 0 aliphatic carbocycles. The average molecular weight is 350 g/mol. The molecule has 0 spiro atoms. The number of carbonyl (C=O) groups excluding carboxylic acids is 1. The van der Waals surface area contributed by atoms with E-state index >= 15 is 0 Å². The van der Waals surface area contributed by atoms with Crippen molar-refractivity contribution in [1.29, 1.82) is 0 Å². The Hall–Kier alpha value is -2.89. The van der Waals surface area contributed by atoms with Gasteiger partial charge in [-0.2, -0.15) is 5.10 Å². The van der Waals surface area contributed by atoms with E-state index in [2.05, 4.69) is 23.1 Å². The molecule has 0 saturated carbocycles. The number of hydrogen-bond donors (Lipinski definition) is 0. The summed E-state index contributed by atoms with van der Waals surface area (Å²) in [6.45, 7) is 2.11. The highest BCUT2D eigenvalue weighted by atomic mass is 16.5. The summed E-state index contributed by atoms with van der Waals surface area (Å²) in [5, 5.41) is 4.30. The molecule has 1 saturated heterocycles. The summed E-state index contributed by atoms with van der Waals surface area (Å²) in [5.74, 6) is 0.821. The molecule has 6 nitrogen and oxygen atoms in total. The van der Waals surface area contributed by atoms with Gasteiger partial charge < -0.3 is 9.64 Å². The maximum atomic E-state index is 13.5. The number of benzene rings is 1. The molecular formula is C20H22N4O2. The Kier molecular flexibility index (Phi) is 4.32. The molecule has 0 N–H and O–H groups in total. The zero-order valence-corrected chi connectivity index (χ0v) is 15.0. The summed E-state index contributed by atoms with van der Waals surface area (Å²) < 4.78 is 7.25. The van der Waals surface area contributed by atoms with Crippen LogP contribution < -0.4 is 4.74 Å². The van der Waals surface area contributed by atoms with Crippen molar-refractivity contribution in [2.24, 2.45) is 0 Å². The second kappa shape index (κ2) is 6.78. The van der Waals surface area contributed by atoms with Crippen LogP contribution in [-0.2, 0) is 0 Å². The number of amides is 1. The smallest absolute Gasteiger partial charge is 0.258 e. The van der Waals surface area contributed by atoms with Crippen molar-refractivity contribution in [3.8, 4) is 5.75 Å². The summed E-state index contributed by atoms with van der Waals surface area (Å²) in [5.41, 5.74) is 2.38. The van der Waals surface area contributed by atoms with Gasteiger partial charge >= 0.3 is 0 Å². The van der Waals surface area contributed by atoms with E-state index in [1.165, 1.54) is 0 Å². The third-order valence-corrected chi connectivity index (χ3v) is 5.20. The normalized spacial score (nSPS) is 20.3. The lowest BCUT2D eigenvalue weighted by atomic mass is 9.90. The number of fused-ring (bicyclic) bond motifs is 1. The van der Waals surface area contributed by atoms with Crippen molar-refractivity contribution in [3.05, 3.63) is 60.2 Å². The highest BCUT2D eigenvalue weighted by molar-refractivity contribution is 6.00. The number of para-hydroxylation sites is 1. The lowest BCUT2D eigenvalue weighted by molar-refractivity contribution is 0.0475. The Morgan fingerprint density at radius 1 is 1.23 bits per heavy atom. The van der Waals surface area contributed by atoms with Gasteiger partial charge in [0.25, 0.3) is 5.91 Å². The van der Waals surface area contributed by atoms with E-state index in [0.717, 1.165) is 36.1 Å². The van der Waals surface area contributed by atoms with E-state index in [1.807, 2.05) is 23.1 Å². The number of aromatic nitrogens is 3. The van der Waals surface area contributed by atoms with Crippen LogP contribution in [0, 0.1) is 0 Å². The van der Waals surface area contributed by atoms with Gasteiger partial charge in [-0.05, 0) is 32.3 Å². The first-order chi connectivity index (χ1) is 12.7. The third kappa shape index (κ3) is 2.71. The first kappa shape index (κ1) is 16.6. The summed E-state index contributed by atoms with van der Waals surface area (Å²) >= 11 is 0. The fraction of sp³-hybridized carbons (Fsp3) is 0.350. The molecule has 1 aromatic carbocycles. The number of carbonyl (C=O) groups is 1. The van der Waals surface area contributed by atoms with Crippen molar-refractivity contribution >= 4 is 11.4 Å². The van der Waals surface area contributed by atoms with Crippen molar-refractivity contribution in [2.75, 3.05) is 7.11 Å². The molecule has 0 unspecified atom stereocenters. The van der Waals surface area contributed by atoms with Gasteiger partial charge in [-0.15, -0.1) is 0 Å². The molecule has 1 aliphatic heterocycles. The molecule has 2 aromatic heterocycles. The molecule has 3 heterocycles. The predicted molar refractivity (Wildman–Crippen MR) is 98.2 cm³/mol. The summed E-state index contributed by atoms with van der Waals surface area (Å²) in [6.07, 6.45) is 9.75. The maximum absolute atomic E-state index is 13.5. The minimum atomic E-state index is -0.00554. The molecule has 0 radical (unpaired) electrons. The maximum Gasteiger partial charge on any atom is 0.258 e. The van der Waals surface area contributed by atoms with Crippen LogP contribution in [0.4, 0.5) is 0 Å². The number of ether oxygens (including phenoxy) is 1. The van der Waals surface area contributed by atoms with Gasteiger partial charge in [0.15, 0.2) is 0 Å². The van der Waals surface area contributed by atoms with Gasteiger partial charge in [-0.3, -0.25) is 9.78 Å². The van der Waals surface area contributed by atoms with E-state index in [9.17, 15) is 4.79 Å². The number of rotatable bonds is 3.